The summed E-state index contributed by atoms with van der Waals surface area (Å²) in [7, 11) is 0. The SMILES string of the molecule is CCCCCCCCCCCC(CCCCCCCCCCC(=O)OCc1ccccc1)(NCCOCCOCCOCCOCCOCCOCCOCCOCCOCCOCCOCCOCCOCCOCCOCCOCCOCCOCCOCCOCCOCCOCCOCCOCCC(=O)ON1C(=O)CCC1=O)C(=O)OCc1ccccc1. The zero-order valence-electron chi connectivity index (χ0n) is 77.1. The number of amides is 2. The lowest BCUT2D eigenvalue weighted by molar-refractivity contribution is -0.198. The molecule has 2 aromatic carbocycles. The molecule has 3 rings (SSSR count). The van der Waals surface area contributed by atoms with Crippen LogP contribution in [0.4, 0.5) is 0 Å². The molecular formula is C93H162N2O32. The number of nitrogens with zero attached hydrogens (tertiary/aromatic N) is 1. The van der Waals surface area contributed by atoms with Crippen molar-refractivity contribution in [3.8, 4) is 0 Å². The number of imide groups is 1. The van der Waals surface area contributed by atoms with Crippen LogP contribution >= 0.6 is 0 Å². The number of unbranched alkanes of at least 4 members (excludes halogenated alkanes) is 15. The molecule has 1 aliphatic rings. The second-order valence-corrected chi connectivity index (χ2v) is 29.6. The Bertz CT molecular complexity index is 2690. The maximum Gasteiger partial charge on any atom is 0.335 e. The highest BCUT2D eigenvalue weighted by atomic mass is 16.7. The van der Waals surface area contributed by atoms with Gasteiger partial charge in [0.25, 0.3) is 11.8 Å². The van der Waals surface area contributed by atoms with Gasteiger partial charge in [-0.25, -0.2) is 4.79 Å². The van der Waals surface area contributed by atoms with Gasteiger partial charge in [0.15, 0.2) is 0 Å². The molecule has 1 saturated heterocycles. The lowest BCUT2D eigenvalue weighted by Crippen LogP contribution is -2.54. The fraction of sp³-hybridized carbons (Fsp3) is 0.817. The van der Waals surface area contributed by atoms with Gasteiger partial charge in [-0.2, -0.15) is 0 Å². The highest BCUT2D eigenvalue weighted by molar-refractivity contribution is 6.01. The minimum atomic E-state index is -0.794. The molecule has 1 unspecified atom stereocenters. The molecule has 736 valence electrons. The minimum absolute atomic E-state index is 0.0498. The minimum Gasteiger partial charge on any atom is -0.461 e. The Labute approximate surface area is 757 Å². The molecule has 0 bridgehead atoms. The van der Waals surface area contributed by atoms with Crippen LogP contribution in [-0.2, 0) is 165 Å². The van der Waals surface area contributed by atoms with E-state index in [1.807, 2.05) is 60.7 Å². The molecule has 0 aromatic heterocycles. The van der Waals surface area contributed by atoms with Crippen molar-refractivity contribution in [3.05, 3.63) is 71.8 Å². The Morgan fingerprint density at radius 2 is 0.496 bits per heavy atom. The van der Waals surface area contributed by atoms with E-state index in [1.165, 1.54) is 44.9 Å². The van der Waals surface area contributed by atoms with Gasteiger partial charge < -0.3 is 128 Å². The van der Waals surface area contributed by atoms with Gasteiger partial charge >= 0.3 is 17.9 Å². The summed E-state index contributed by atoms with van der Waals surface area (Å²) in [5, 5.41) is 4.20. The molecule has 1 aliphatic heterocycles. The molecule has 0 spiro atoms. The number of ether oxygens (including phenoxy) is 26. The second kappa shape index (κ2) is 92.8. The van der Waals surface area contributed by atoms with E-state index in [4.69, 9.17) is 128 Å². The summed E-state index contributed by atoms with van der Waals surface area (Å²) in [5.74, 6) is -2.05. The van der Waals surface area contributed by atoms with Gasteiger partial charge in [-0.05, 0) is 30.4 Å². The number of carbonyl (C=O) groups excluding carboxylic acids is 5. The van der Waals surface area contributed by atoms with Crippen molar-refractivity contribution in [1.29, 1.82) is 0 Å². The van der Waals surface area contributed by atoms with Crippen LogP contribution < -0.4 is 5.32 Å². The molecule has 2 aromatic rings. The van der Waals surface area contributed by atoms with Gasteiger partial charge in [0.1, 0.15) is 18.8 Å². The maximum atomic E-state index is 14.3. The number of carbonyl (C=O) groups is 5. The Kier molecular flexibility index (Phi) is 84.9. The van der Waals surface area contributed by atoms with E-state index >= 15 is 0 Å². The van der Waals surface area contributed by atoms with Gasteiger partial charge in [0.05, 0.1) is 324 Å². The highest BCUT2D eigenvalue weighted by Crippen LogP contribution is 2.27. The van der Waals surface area contributed by atoms with Crippen LogP contribution in [0.15, 0.2) is 60.7 Å². The fourth-order valence-corrected chi connectivity index (χ4v) is 12.2. The fourth-order valence-electron chi connectivity index (χ4n) is 12.2. The Balaban J connectivity index is 0.956. The zero-order valence-corrected chi connectivity index (χ0v) is 77.1. The molecule has 127 heavy (non-hydrogen) atoms. The predicted molar refractivity (Wildman–Crippen MR) is 473 cm³/mol. The summed E-state index contributed by atoms with van der Waals surface area (Å²) in [4.78, 5) is 66.0. The largest absolute Gasteiger partial charge is 0.461 e. The first kappa shape index (κ1) is 116. The van der Waals surface area contributed by atoms with Crippen LogP contribution in [0, 0.1) is 0 Å². The molecule has 1 atom stereocenters. The van der Waals surface area contributed by atoms with E-state index in [-0.39, 0.29) is 51.0 Å². The first-order valence-corrected chi connectivity index (χ1v) is 46.9. The van der Waals surface area contributed by atoms with Crippen molar-refractivity contribution >= 4 is 29.7 Å². The zero-order chi connectivity index (χ0) is 90.3. The van der Waals surface area contributed by atoms with Crippen molar-refractivity contribution in [1.82, 2.24) is 10.4 Å². The quantitative estimate of drug-likeness (QED) is 0.0365. The second-order valence-electron chi connectivity index (χ2n) is 29.6. The van der Waals surface area contributed by atoms with Crippen LogP contribution in [-0.4, -0.2) is 364 Å². The van der Waals surface area contributed by atoms with Gasteiger partial charge in [0, 0.05) is 25.8 Å². The summed E-state index contributed by atoms with van der Waals surface area (Å²) in [5.41, 5.74) is 1.19. The first-order chi connectivity index (χ1) is 62.8. The van der Waals surface area contributed by atoms with Crippen molar-refractivity contribution in [2.24, 2.45) is 0 Å². The molecule has 2 amide bonds. The number of hydrogen-bond donors (Lipinski definition) is 1. The third-order valence-corrected chi connectivity index (χ3v) is 19.2. The molecule has 1 fully saturated rings. The van der Waals surface area contributed by atoms with Crippen LogP contribution in [0.25, 0.3) is 0 Å². The Morgan fingerprint density at radius 1 is 0.268 bits per heavy atom. The van der Waals surface area contributed by atoms with E-state index < -0.39 is 23.3 Å². The van der Waals surface area contributed by atoms with E-state index in [2.05, 4.69) is 12.2 Å². The van der Waals surface area contributed by atoms with Crippen molar-refractivity contribution in [2.75, 3.05) is 324 Å². The molecule has 34 heteroatoms. The summed E-state index contributed by atoms with van der Waals surface area (Å²) >= 11 is 0. The van der Waals surface area contributed by atoms with Crippen LogP contribution in [0.3, 0.4) is 0 Å². The molecule has 1 N–H and O–H groups in total. The van der Waals surface area contributed by atoms with Crippen molar-refractivity contribution in [2.45, 2.75) is 173 Å². The summed E-state index contributed by atoms with van der Waals surface area (Å²) in [6.45, 7) is 24.6. The Hall–Kier alpha value is -5.01. The third kappa shape index (κ3) is 77.2. The molecule has 0 aliphatic carbocycles. The van der Waals surface area contributed by atoms with Gasteiger partial charge in [-0.3, -0.25) is 24.5 Å². The normalized spacial score (nSPS) is 12.8. The number of benzene rings is 2. The van der Waals surface area contributed by atoms with E-state index in [0.29, 0.717) is 335 Å². The van der Waals surface area contributed by atoms with Crippen molar-refractivity contribution < 1.29 is 152 Å². The summed E-state index contributed by atoms with van der Waals surface area (Å²) < 4.78 is 145. The van der Waals surface area contributed by atoms with Gasteiger partial charge in [-0.15, -0.1) is 5.06 Å². The maximum absolute atomic E-state index is 14.3. The number of hydroxylamine groups is 2. The third-order valence-electron chi connectivity index (χ3n) is 19.2. The molecule has 0 saturated carbocycles. The predicted octanol–water partition coefficient (Wildman–Crippen LogP) is 10.0. The number of nitrogens with one attached hydrogen (secondary N) is 1. The van der Waals surface area contributed by atoms with E-state index in [1.54, 1.807) is 0 Å². The van der Waals surface area contributed by atoms with Crippen LogP contribution in [0.2, 0.25) is 0 Å². The lowest BCUT2D eigenvalue weighted by atomic mass is 9.85. The van der Waals surface area contributed by atoms with Gasteiger partial charge in [0.2, 0.25) is 0 Å². The smallest absolute Gasteiger partial charge is 0.335 e. The summed E-state index contributed by atoms with van der Waals surface area (Å²) in [6.07, 6.45) is 21.1. The lowest BCUT2D eigenvalue weighted by Gasteiger charge is -2.33. The van der Waals surface area contributed by atoms with E-state index in [0.717, 1.165) is 81.8 Å². The summed E-state index contributed by atoms with van der Waals surface area (Å²) in [6, 6.07) is 19.7. The average Bonchev–Trinajstić information content (AvgIpc) is 0.908. The average molecular weight is 1820 g/mol. The first-order valence-electron chi connectivity index (χ1n) is 46.9. The monoisotopic (exact) mass is 1820 g/mol. The number of esters is 2. The molecule has 34 nitrogen and oxygen atoms in total. The standard InChI is InChI=1S/C93H162N2O32/c1-2-3-4-5-6-8-11-14-23-33-93(92(100)126-85-87-27-20-17-21-28-87,34-24-15-12-9-7-10-13-22-29-90(98)125-84-86-25-18-16-19-26-86)94-35-37-102-39-41-104-43-45-106-47-49-108-51-53-110-55-57-112-59-61-114-63-65-116-67-69-118-71-73-120-75-77-122-79-81-124-83-82-123-80-78-121-76-74-119-72-70-117-68-66-115-64-62-113-60-58-111-56-54-109-52-50-107-48-46-105-44-42-103-40-38-101-36-32-91(99)127-95-88(96)30-31-89(95)97/h16-21,25-28,94H,2-15,22-24,29-85H2,1H3. The van der Waals surface area contributed by atoms with E-state index in [9.17, 15) is 24.0 Å². The molecular weight excluding hydrogens is 1660 g/mol. The molecule has 1 heterocycles. The van der Waals surface area contributed by atoms with Crippen LogP contribution in [0.1, 0.15) is 166 Å². The molecule has 0 radical (unpaired) electrons. The Morgan fingerprint density at radius 3 is 0.764 bits per heavy atom. The number of rotatable bonds is 103. The number of hydrogen-bond acceptors (Lipinski definition) is 33. The van der Waals surface area contributed by atoms with Crippen molar-refractivity contribution in [3.63, 3.8) is 0 Å². The highest BCUT2D eigenvalue weighted by Gasteiger charge is 2.39. The van der Waals surface area contributed by atoms with Crippen LogP contribution in [0.5, 0.6) is 0 Å². The topological polar surface area (TPSA) is 350 Å². The van der Waals surface area contributed by atoms with Gasteiger partial charge in [-0.1, -0.05) is 170 Å².